The molecular formula is C118H118Ir3N7O11-4. The van der Waals surface area contributed by atoms with Gasteiger partial charge in [0.25, 0.3) is 0 Å². The third-order valence-corrected chi connectivity index (χ3v) is 19.1. The van der Waals surface area contributed by atoms with Gasteiger partial charge < -0.3 is 78.3 Å². The maximum atomic E-state index is 10.0. The Morgan fingerprint density at radius 3 is 0.669 bits per heavy atom. The molecule has 0 atom stereocenters. The first-order valence-electron chi connectivity index (χ1n) is 45.2. The van der Waals surface area contributed by atoms with Crippen molar-refractivity contribution in [3.8, 4) is 131 Å². The molecule has 9 aromatic carbocycles. The molecule has 0 fully saturated rings. The molecule has 722 valence electrons. The Balaban J connectivity index is 0.000000280. The Hall–Kier alpha value is -14.0. The second-order valence-electron chi connectivity index (χ2n) is 29.8. The number of aliphatic hydroxyl groups is 2. The number of hydrogen-bond acceptors (Lipinski definition) is 18. The van der Waals surface area contributed by atoms with Crippen LogP contribution in [-0.2, 0) is 69.9 Å². The Bertz CT molecular complexity index is 5590. The van der Waals surface area contributed by atoms with Gasteiger partial charge in [-0.15, -0.1) is 170 Å². The van der Waals surface area contributed by atoms with E-state index in [9.17, 15) is 9.59 Å². The second-order valence-corrected chi connectivity index (χ2v) is 29.8. The van der Waals surface area contributed by atoms with Crippen molar-refractivity contribution in [3.63, 3.8) is 0 Å². The Morgan fingerprint density at radius 1 is 0.266 bits per heavy atom. The van der Waals surface area contributed by atoms with Crippen molar-refractivity contribution in [3.05, 3.63) is 425 Å². The summed E-state index contributed by atoms with van der Waals surface area (Å²) in [6, 6.07) is 122. The van der Waals surface area contributed by atoms with Crippen LogP contribution in [0.4, 0.5) is 0 Å². The molecule has 0 aliphatic carbocycles. The SMILES string of the molecule is CC(=O)C=C(C)O.CC(=O)C=C(C)O.CCCCCCCCOc1ccc[c-]c1-c1ccccn1.CCCCCCCCOc1ccc[c-]c1-c1ccccn1.COc1ccc[c-]c1-c1ccccn1.COc1ccc[c-]c1-c1ccccn1.COc1ccc[c-]c1-c1ccccn1.[Ir+3].[Ir].[Ir].[c-]1cccc(Oc2ccccc2)c1-c1ccccn1.[c-]1cccc(Oc2ccccc2)c1-c1ccccn1. The van der Waals surface area contributed by atoms with Crippen LogP contribution < -0.4 is 33.2 Å². The van der Waals surface area contributed by atoms with Crippen LogP contribution in [0.25, 0.3) is 78.8 Å². The topological polar surface area (TPSA) is 229 Å². The van der Waals surface area contributed by atoms with E-state index in [1.165, 1.54) is 104 Å². The van der Waals surface area contributed by atoms with Gasteiger partial charge in [-0.05, 0) is 147 Å². The van der Waals surface area contributed by atoms with Crippen LogP contribution in [0.2, 0.25) is 0 Å². The predicted molar refractivity (Wildman–Crippen MR) is 544 cm³/mol. The van der Waals surface area contributed by atoms with E-state index in [-0.39, 0.29) is 83.4 Å². The number of rotatable bonds is 32. The van der Waals surface area contributed by atoms with E-state index in [0.717, 1.165) is 157 Å². The number of unbranched alkanes of at least 4 members (excludes halogenated alkanes) is 10. The third kappa shape index (κ3) is 44.8. The largest absolute Gasteiger partial charge is 3.00 e. The molecule has 0 aliphatic rings. The summed E-state index contributed by atoms with van der Waals surface area (Å²) in [5.41, 5.74) is 12.5. The van der Waals surface area contributed by atoms with Crippen molar-refractivity contribution >= 4 is 11.6 Å². The second kappa shape index (κ2) is 70.6. The van der Waals surface area contributed by atoms with Crippen LogP contribution in [0, 0.1) is 42.5 Å². The van der Waals surface area contributed by atoms with E-state index in [0.29, 0.717) is 0 Å². The van der Waals surface area contributed by atoms with Gasteiger partial charge in [-0.3, -0.25) is 9.59 Å². The number of nitrogens with zero attached hydrogens (tertiary/aromatic N) is 7. The number of methoxy groups -OCH3 is 3. The van der Waals surface area contributed by atoms with E-state index in [1.807, 2.05) is 315 Å². The molecule has 2 radical (unpaired) electrons. The van der Waals surface area contributed by atoms with Crippen molar-refractivity contribution in [2.75, 3.05) is 34.5 Å². The van der Waals surface area contributed by atoms with Crippen molar-refractivity contribution in [2.24, 2.45) is 0 Å². The van der Waals surface area contributed by atoms with E-state index in [1.54, 1.807) is 64.7 Å². The van der Waals surface area contributed by atoms with Gasteiger partial charge in [0.15, 0.2) is 11.6 Å². The van der Waals surface area contributed by atoms with Crippen molar-refractivity contribution in [1.29, 1.82) is 0 Å². The molecule has 0 saturated carbocycles. The minimum atomic E-state index is -0.125. The fourth-order valence-corrected chi connectivity index (χ4v) is 12.8. The van der Waals surface area contributed by atoms with E-state index in [4.69, 9.17) is 43.4 Å². The number of ketones is 2. The molecule has 139 heavy (non-hydrogen) atoms. The minimum absolute atomic E-state index is 0. The molecule has 7 aromatic heterocycles. The number of hydrogen-bond donors (Lipinski definition) is 2. The number of aliphatic hydroxyl groups excluding tert-OH is 2. The minimum Gasteiger partial charge on any atom is -0.540 e. The van der Waals surface area contributed by atoms with E-state index in [2.05, 4.69) is 91.2 Å². The van der Waals surface area contributed by atoms with Gasteiger partial charge in [0, 0.05) is 136 Å². The molecule has 0 bridgehead atoms. The Kier molecular flexibility index (Phi) is 58.7. The number of para-hydroxylation sites is 2. The summed E-state index contributed by atoms with van der Waals surface area (Å²) < 4.78 is 39.3. The summed E-state index contributed by atoms with van der Waals surface area (Å²) in [7, 11) is 4.95. The quantitative estimate of drug-likeness (QED) is 0.0173. The fourth-order valence-electron chi connectivity index (χ4n) is 12.8. The molecule has 0 aliphatic heterocycles. The normalized spacial score (nSPS) is 10.1. The smallest absolute Gasteiger partial charge is 0.540 e. The molecule has 0 amide bonds. The van der Waals surface area contributed by atoms with Gasteiger partial charge in [0.05, 0.1) is 46.1 Å². The van der Waals surface area contributed by atoms with Gasteiger partial charge >= 0.3 is 20.1 Å². The van der Waals surface area contributed by atoms with Crippen LogP contribution in [0.5, 0.6) is 51.7 Å². The molecule has 7 heterocycles. The predicted octanol–water partition coefficient (Wildman–Crippen LogP) is 29.0. The first-order chi connectivity index (χ1) is 66.7. The number of aromatic nitrogens is 7. The van der Waals surface area contributed by atoms with E-state index >= 15 is 0 Å². The molecular weight excluding hydrogens is 2270 g/mol. The molecule has 2 N–H and O–H groups in total. The average Bonchev–Trinajstić information content (AvgIpc) is 0.818. The average molecular weight is 2390 g/mol. The monoisotopic (exact) mass is 2390 g/mol. The zero-order valence-electron chi connectivity index (χ0n) is 79.8. The zero-order chi connectivity index (χ0) is 96.5. The number of ether oxygens (including phenoxy) is 7. The molecule has 16 rings (SSSR count). The summed E-state index contributed by atoms with van der Waals surface area (Å²) >= 11 is 0. The van der Waals surface area contributed by atoms with Crippen LogP contribution in [0.15, 0.2) is 382 Å². The van der Waals surface area contributed by atoms with E-state index < -0.39 is 0 Å². The van der Waals surface area contributed by atoms with Crippen LogP contribution in [0.3, 0.4) is 0 Å². The first-order valence-corrected chi connectivity index (χ1v) is 45.2. The molecule has 0 spiro atoms. The summed E-state index contributed by atoms with van der Waals surface area (Å²) in [5, 5.41) is 16.7. The molecule has 16 aromatic rings. The van der Waals surface area contributed by atoms with Gasteiger partial charge in [-0.2, -0.15) is 0 Å². The van der Waals surface area contributed by atoms with Gasteiger partial charge in [-0.25, -0.2) is 0 Å². The van der Waals surface area contributed by atoms with Crippen molar-refractivity contribution < 1.29 is 113 Å². The number of pyridine rings is 7. The number of carbonyl (C=O) groups is 2. The first kappa shape index (κ1) is 115. The van der Waals surface area contributed by atoms with Crippen LogP contribution >= 0.6 is 0 Å². The van der Waals surface area contributed by atoms with Crippen LogP contribution in [0.1, 0.15) is 119 Å². The maximum Gasteiger partial charge on any atom is 3.00 e. The maximum absolute atomic E-state index is 10.0. The Morgan fingerprint density at radius 2 is 0.468 bits per heavy atom. The molecule has 0 unspecified atom stereocenters. The van der Waals surface area contributed by atoms with Gasteiger partial charge in [0.1, 0.15) is 11.5 Å². The zero-order valence-corrected chi connectivity index (χ0v) is 87.0. The number of allylic oxidation sites excluding steroid dienone is 4. The number of benzene rings is 9. The summed E-state index contributed by atoms with van der Waals surface area (Å²) in [6.07, 6.45) is 30.0. The van der Waals surface area contributed by atoms with Gasteiger partial charge in [-0.1, -0.05) is 238 Å². The third-order valence-electron chi connectivity index (χ3n) is 19.1. The standard InChI is InChI=1S/2C19H24NO.2C17H12NO.3C12H10NO.2C5H8O2.3Ir/c2*1-2-3-4-5-6-11-16-21-19-14-8-7-12-17(19)18-13-9-10-15-20-18;2*1-2-8-14(9-3-1)19-17-12-5-4-10-15(17)16-11-6-7-13-18-16;3*1-14-12-8-3-2-6-10(12)11-7-4-5-9-13-11;2*1-4(6)3-5(2)7;;;/h2*7-10,13-15H,2-6,11,16H2,1H3;2*1-9,11-13H;3*2-5,7-9H,1H3;2*3,6H,1-2H3;;;/q7*-1;;;;;+3. The fraction of sp³-hybridized carbons (Fsp3) is 0.195. The number of carbonyl (C=O) groups excluding carboxylic acids is 2. The van der Waals surface area contributed by atoms with Gasteiger partial charge in [0.2, 0.25) is 0 Å². The van der Waals surface area contributed by atoms with Crippen molar-refractivity contribution in [2.45, 2.75) is 119 Å². The Labute approximate surface area is 861 Å². The summed E-state index contributed by atoms with van der Waals surface area (Å²) in [4.78, 5) is 50.2. The van der Waals surface area contributed by atoms with Crippen molar-refractivity contribution in [1.82, 2.24) is 34.9 Å². The molecule has 21 heteroatoms. The summed E-state index contributed by atoms with van der Waals surface area (Å²) in [5.74, 6) is 7.15. The summed E-state index contributed by atoms with van der Waals surface area (Å²) in [6.45, 7) is 11.7. The molecule has 18 nitrogen and oxygen atoms in total. The van der Waals surface area contributed by atoms with Crippen LogP contribution in [-0.4, -0.2) is 91.2 Å². The molecule has 0 saturated heterocycles.